The van der Waals surface area contributed by atoms with Gasteiger partial charge in [-0.1, -0.05) is 19.1 Å². The van der Waals surface area contributed by atoms with Gasteiger partial charge in [0.25, 0.3) is 0 Å². The molecule has 1 aliphatic carbocycles. The van der Waals surface area contributed by atoms with E-state index in [1.165, 1.54) is 6.07 Å². The van der Waals surface area contributed by atoms with Gasteiger partial charge < -0.3 is 11.1 Å². The van der Waals surface area contributed by atoms with Gasteiger partial charge in [0.05, 0.1) is 5.54 Å². The molecule has 0 spiro atoms. The van der Waals surface area contributed by atoms with Crippen molar-refractivity contribution < 1.29 is 9.18 Å². The number of hydrogen-bond acceptors (Lipinski definition) is 2. The van der Waals surface area contributed by atoms with Crippen LogP contribution in [0.15, 0.2) is 18.2 Å². The maximum atomic E-state index is 13.7. The third-order valence-electron chi connectivity index (χ3n) is 3.63. The molecule has 0 saturated carbocycles. The van der Waals surface area contributed by atoms with Gasteiger partial charge in [0.15, 0.2) is 0 Å². The van der Waals surface area contributed by atoms with Gasteiger partial charge in [0, 0.05) is 6.42 Å². The van der Waals surface area contributed by atoms with Gasteiger partial charge in [0.1, 0.15) is 5.82 Å². The molecule has 0 radical (unpaired) electrons. The van der Waals surface area contributed by atoms with E-state index >= 15 is 0 Å². The Morgan fingerprint density at radius 1 is 1.56 bits per heavy atom. The molecule has 3 nitrogen and oxygen atoms in total. The predicted octanol–water partition coefficient (Wildman–Crippen LogP) is 1.84. The van der Waals surface area contributed by atoms with Crippen molar-refractivity contribution in [1.82, 2.24) is 5.32 Å². The van der Waals surface area contributed by atoms with Gasteiger partial charge in [-0.2, -0.15) is 0 Å². The molecule has 4 heteroatoms. The average Bonchev–Trinajstić information content (AvgIpc) is 2.67. The van der Waals surface area contributed by atoms with Gasteiger partial charge in [-0.15, -0.1) is 0 Å². The number of carbonyl (C=O) groups excluding carboxylic acids is 1. The molecule has 0 aliphatic heterocycles. The van der Waals surface area contributed by atoms with E-state index in [4.69, 9.17) is 5.73 Å². The van der Waals surface area contributed by atoms with E-state index in [9.17, 15) is 9.18 Å². The van der Waals surface area contributed by atoms with Crippen molar-refractivity contribution >= 4 is 5.91 Å². The summed E-state index contributed by atoms with van der Waals surface area (Å²) in [6.07, 6.45) is 2.58. The smallest absolute Gasteiger partial charge is 0.219 e. The minimum atomic E-state index is -0.473. The number of rotatable bonds is 5. The fraction of sp³-hybridized carbons (Fsp3) is 0.500. The van der Waals surface area contributed by atoms with Crippen LogP contribution in [0.4, 0.5) is 4.39 Å². The highest BCUT2D eigenvalue weighted by molar-refractivity contribution is 5.76. The zero-order valence-corrected chi connectivity index (χ0v) is 10.6. The number of halogens is 1. The second-order valence-electron chi connectivity index (χ2n) is 4.92. The summed E-state index contributed by atoms with van der Waals surface area (Å²) < 4.78 is 13.7. The Morgan fingerprint density at radius 3 is 3.00 bits per heavy atom. The molecule has 1 atom stereocenters. The van der Waals surface area contributed by atoms with Gasteiger partial charge in [-0.05, 0) is 43.0 Å². The second-order valence-corrected chi connectivity index (χ2v) is 4.92. The average molecular weight is 250 g/mol. The number of benzene rings is 1. The highest BCUT2D eigenvalue weighted by Crippen LogP contribution is 2.40. The lowest BCUT2D eigenvalue weighted by Crippen LogP contribution is -2.44. The molecule has 3 N–H and O–H groups in total. The molecule has 0 heterocycles. The molecular formula is C14H19FN2O. The van der Waals surface area contributed by atoms with E-state index in [0.717, 1.165) is 30.5 Å². The first kappa shape index (κ1) is 13.0. The highest BCUT2D eigenvalue weighted by atomic mass is 19.1. The van der Waals surface area contributed by atoms with Crippen molar-refractivity contribution in [3.05, 3.63) is 35.1 Å². The molecule has 1 amide bonds. The number of nitrogens with two attached hydrogens (primary N) is 1. The van der Waals surface area contributed by atoms with Crippen LogP contribution in [0, 0.1) is 5.82 Å². The van der Waals surface area contributed by atoms with Crippen LogP contribution in [0.5, 0.6) is 0 Å². The van der Waals surface area contributed by atoms with Crippen LogP contribution in [0.3, 0.4) is 0 Å². The summed E-state index contributed by atoms with van der Waals surface area (Å²) in [5.74, 6) is -0.534. The SMILES string of the molecule is CCCNC1(CC(N)=O)CCc2c(F)cccc21. The molecule has 1 aromatic carbocycles. The topological polar surface area (TPSA) is 55.1 Å². The van der Waals surface area contributed by atoms with Crippen molar-refractivity contribution in [2.45, 2.75) is 38.1 Å². The van der Waals surface area contributed by atoms with E-state index in [2.05, 4.69) is 12.2 Å². The van der Waals surface area contributed by atoms with E-state index < -0.39 is 5.54 Å². The Labute approximate surface area is 107 Å². The van der Waals surface area contributed by atoms with Crippen molar-refractivity contribution in [1.29, 1.82) is 0 Å². The lowest BCUT2D eigenvalue weighted by atomic mass is 9.87. The van der Waals surface area contributed by atoms with Gasteiger partial charge in [0.2, 0.25) is 5.91 Å². The molecule has 0 saturated heterocycles. The summed E-state index contributed by atoms with van der Waals surface area (Å²) in [4.78, 5) is 11.3. The Hall–Kier alpha value is -1.42. The third-order valence-corrected chi connectivity index (χ3v) is 3.63. The van der Waals surface area contributed by atoms with E-state index in [-0.39, 0.29) is 18.1 Å². The lowest BCUT2D eigenvalue weighted by molar-refractivity contribution is -0.119. The Bertz CT molecular complexity index is 461. The summed E-state index contributed by atoms with van der Waals surface area (Å²) >= 11 is 0. The molecule has 1 aromatic rings. The fourth-order valence-corrected chi connectivity index (χ4v) is 2.83. The number of primary amides is 1. The summed E-state index contributed by atoms with van der Waals surface area (Å²) in [7, 11) is 0. The molecule has 0 aromatic heterocycles. The minimum Gasteiger partial charge on any atom is -0.370 e. The normalized spacial score (nSPS) is 21.9. The quantitative estimate of drug-likeness (QED) is 0.837. The molecule has 98 valence electrons. The maximum absolute atomic E-state index is 13.7. The van der Waals surface area contributed by atoms with Gasteiger partial charge in [-0.3, -0.25) is 4.79 Å². The highest BCUT2D eigenvalue weighted by Gasteiger charge is 2.40. The van der Waals surface area contributed by atoms with Crippen LogP contribution in [-0.2, 0) is 16.8 Å². The number of carbonyl (C=O) groups is 1. The predicted molar refractivity (Wildman–Crippen MR) is 68.5 cm³/mol. The standard InChI is InChI=1S/C14H19FN2O/c1-2-8-17-14(9-13(16)18)7-6-10-11(14)4-3-5-12(10)15/h3-5,17H,2,6-9H2,1H3,(H2,16,18). The summed E-state index contributed by atoms with van der Waals surface area (Å²) in [6, 6.07) is 5.07. The molecule has 1 unspecified atom stereocenters. The van der Waals surface area contributed by atoms with Crippen LogP contribution < -0.4 is 11.1 Å². The van der Waals surface area contributed by atoms with Crippen molar-refractivity contribution in [3.8, 4) is 0 Å². The fourth-order valence-electron chi connectivity index (χ4n) is 2.83. The Morgan fingerprint density at radius 2 is 2.33 bits per heavy atom. The minimum absolute atomic E-state index is 0.183. The van der Waals surface area contributed by atoms with E-state index in [1.54, 1.807) is 6.07 Å². The first-order valence-electron chi connectivity index (χ1n) is 6.40. The van der Waals surface area contributed by atoms with Crippen LogP contribution in [0.1, 0.15) is 37.3 Å². The molecule has 2 rings (SSSR count). The molecule has 0 fully saturated rings. The molecule has 0 bridgehead atoms. The van der Waals surface area contributed by atoms with Crippen molar-refractivity contribution in [3.63, 3.8) is 0 Å². The zero-order chi connectivity index (χ0) is 13.2. The molecular weight excluding hydrogens is 231 g/mol. The van der Waals surface area contributed by atoms with E-state index in [0.29, 0.717) is 6.42 Å². The first-order valence-corrected chi connectivity index (χ1v) is 6.40. The lowest BCUT2D eigenvalue weighted by Gasteiger charge is -2.30. The van der Waals surface area contributed by atoms with Crippen LogP contribution >= 0.6 is 0 Å². The number of amides is 1. The third kappa shape index (κ3) is 2.25. The Balaban J connectivity index is 2.39. The number of hydrogen-bond donors (Lipinski definition) is 2. The van der Waals surface area contributed by atoms with Gasteiger partial charge >= 0.3 is 0 Å². The monoisotopic (exact) mass is 250 g/mol. The first-order chi connectivity index (χ1) is 8.59. The Kier molecular flexibility index (Phi) is 3.66. The maximum Gasteiger partial charge on any atom is 0.219 e. The molecule has 18 heavy (non-hydrogen) atoms. The van der Waals surface area contributed by atoms with Crippen LogP contribution in [0.2, 0.25) is 0 Å². The largest absolute Gasteiger partial charge is 0.370 e. The summed E-state index contributed by atoms with van der Waals surface area (Å²) in [5, 5.41) is 3.39. The van der Waals surface area contributed by atoms with Crippen LogP contribution in [-0.4, -0.2) is 12.5 Å². The van der Waals surface area contributed by atoms with Crippen molar-refractivity contribution in [2.24, 2.45) is 5.73 Å². The zero-order valence-electron chi connectivity index (χ0n) is 10.6. The summed E-state index contributed by atoms with van der Waals surface area (Å²) in [6.45, 7) is 2.86. The number of nitrogens with one attached hydrogen (secondary N) is 1. The van der Waals surface area contributed by atoms with Gasteiger partial charge in [-0.25, -0.2) is 4.39 Å². The van der Waals surface area contributed by atoms with Crippen molar-refractivity contribution in [2.75, 3.05) is 6.54 Å². The number of fused-ring (bicyclic) bond motifs is 1. The van der Waals surface area contributed by atoms with Crippen LogP contribution in [0.25, 0.3) is 0 Å². The second kappa shape index (κ2) is 5.06. The molecule has 1 aliphatic rings. The summed E-state index contributed by atoms with van der Waals surface area (Å²) in [5.41, 5.74) is 6.50. The van der Waals surface area contributed by atoms with E-state index in [1.807, 2.05) is 6.07 Å².